The molecule has 0 spiro atoms. The van der Waals surface area contributed by atoms with Gasteiger partial charge in [-0.15, -0.1) is 0 Å². The highest BCUT2D eigenvalue weighted by atomic mass is 15.2. The van der Waals surface area contributed by atoms with Crippen LogP contribution < -0.4 is 11.5 Å². The first kappa shape index (κ1) is 16.5. The molecule has 6 heteroatoms. The van der Waals surface area contributed by atoms with E-state index >= 15 is 0 Å². The number of nitrogens with one attached hydrogen (secondary N) is 2. The molecule has 0 aromatic carbocycles. The molecule has 104 valence electrons. The van der Waals surface area contributed by atoms with Crippen molar-refractivity contribution in [2.45, 2.75) is 13.8 Å². The van der Waals surface area contributed by atoms with Crippen molar-refractivity contribution in [1.29, 1.82) is 10.8 Å². The zero-order valence-corrected chi connectivity index (χ0v) is 11.6. The van der Waals surface area contributed by atoms with Crippen LogP contribution in [0, 0.1) is 10.8 Å². The molecule has 0 aromatic heterocycles. The van der Waals surface area contributed by atoms with E-state index in [0.29, 0.717) is 0 Å². The zero-order chi connectivity index (χ0) is 15.0. The molecule has 0 unspecified atom stereocenters. The number of nitrogens with two attached hydrogens (primary N) is 2. The van der Waals surface area contributed by atoms with Crippen LogP contribution in [-0.2, 0) is 0 Å². The third kappa shape index (κ3) is 5.58. The molecule has 19 heavy (non-hydrogen) atoms. The molecule has 6 nitrogen and oxygen atoms in total. The number of hydrogen-bond donors (Lipinski definition) is 4. The summed E-state index contributed by atoms with van der Waals surface area (Å²) in [6, 6.07) is 0. The summed E-state index contributed by atoms with van der Waals surface area (Å²) in [5, 5.41) is 14.8. The van der Waals surface area contributed by atoms with Gasteiger partial charge in [-0.25, -0.2) is 0 Å². The highest BCUT2D eigenvalue weighted by Crippen LogP contribution is 2.05. The predicted octanol–water partition coefficient (Wildman–Crippen LogP) is 1.51. The molecule has 0 rings (SSSR count). The van der Waals surface area contributed by atoms with E-state index in [-0.39, 0.29) is 11.9 Å². The molecule has 0 fully saturated rings. The van der Waals surface area contributed by atoms with E-state index in [1.54, 1.807) is 37.6 Å². The lowest BCUT2D eigenvalue weighted by atomic mass is 10.3. The van der Waals surface area contributed by atoms with Crippen LogP contribution in [0.25, 0.3) is 0 Å². The van der Waals surface area contributed by atoms with Crippen molar-refractivity contribution in [2.75, 3.05) is 7.05 Å². The predicted molar refractivity (Wildman–Crippen MR) is 80.3 cm³/mol. The molecule has 0 atom stereocenters. The molecule has 0 radical (unpaired) electrons. The van der Waals surface area contributed by atoms with Crippen LogP contribution in [0.2, 0.25) is 0 Å². The highest BCUT2D eigenvalue weighted by molar-refractivity contribution is 5.78. The largest absolute Gasteiger partial charge is 0.370 e. The molecule has 0 amide bonds. The number of hydrogen-bond acceptors (Lipinski definition) is 2. The molecular formula is C13H22N6. The van der Waals surface area contributed by atoms with Crippen LogP contribution in [0.15, 0.2) is 48.5 Å². The Morgan fingerprint density at radius 2 is 1.63 bits per heavy atom. The van der Waals surface area contributed by atoms with E-state index in [4.69, 9.17) is 22.3 Å². The smallest absolute Gasteiger partial charge is 0.196 e. The fraction of sp³-hybridized carbons (Fsp3) is 0.231. The van der Waals surface area contributed by atoms with Gasteiger partial charge in [0.1, 0.15) is 0 Å². The van der Waals surface area contributed by atoms with Gasteiger partial charge in [0.15, 0.2) is 11.9 Å². The van der Waals surface area contributed by atoms with Gasteiger partial charge in [0, 0.05) is 24.6 Å². The first-order valence-corrected chi connectivity index (χ1v) is 5.66. The van der Waals surface area contributed by atoms with E-state index in [9.17, 15) is 0 Å². The maximum Gasteiger partial charge on any atom is 0.196 e. The lowest BCUT2D eigenvalue weighted by molar-refractivity contribution is 0.613. The van der Waals surface area contributed by atoms with Crippen LogP contribution in [0.4, 0.5) is 0 Å². The Morgan fingerprint density at radius 1 is 1.05 bits per heavy atom. The summed E-state index contributed by atoms with van der Waals surface area (Å²) in [6.45, 7) is 7.25. The molecule has 0 saturated heterocycles. The summed E-state index contributed by atoms with van der Waals surface area (Å²) in [5.41, 5.74) is 12.4. The summed E-state index contributed by atoms with van der Waals surface area (Å²) in [4.78, 5) is 3.05. The lowest BCUT2D eigenvalue weighted by Gasteiger charge is -2.19. The number of rotatable bonds is 5. The van der Waals surface area contributed by atoms with Crippen molar-refractivity contribution >= 4 is 11.9 Å². The first-order valence-electron chi connectivity index (χ1n) is 5.66. The molecular weight excluding hydrogens is 240 g/mol. The average Bonchev–Trinajstić information content (AvgIpc) is 2.32. The highest BCUT2D eigenvalue weighted by Gasteiger charge is 2.03. The van der Waals surface area contributed by atoms with Crippen molar-refractivity contribution in [3.8, 4) is 0 Å². The molecule has 0 aliphatic heterocycles. The van der Waals surface area contributed by atoms with Crippen molar-refractivity contribution in [1.82, 2.24) is 9.80 Å². The van der Waals surface area contributed by atoms with Crippen LogP contribution in [0.3, 0.4) is 0 Å². The van der Waals surface area contributed by atoms with Crippen molar-refractivity contribution in [3.63, 3.8) is 0 Å². The van der Waals surface area contributed by atoms with Gasteiger partial charge >= 0.3 is 0 Å². The minimum absolute atomic E-state index is 0.0340. The molecule has 0 bridgehead atoms. The van der Waals surface area contributed by atoms with E-state index in [1.807, 2.05) is 13.8 Å². The Morgan fingerprint density at radius 3 is 2.05 bits per heavy atom. The fourth-order valence-electron chi connectivity index (χ4n) is 1.21. The maximum absolute atomic E-state index is 7.49. The van der Waals surface area contributed by atoms with Crippen molar-refractivity contribution in [3.05, 3.63) is 48.5 Å². The Labute approximate surface area is 114 Å². The lowest BCUT2D eigenvalue weighted by Crippen LogP contribution is -2.31. The Kier molecular flexibility index (Phi) is 6.73. The van der Waals surface area contributed by atoms with Gasteiger partial charge in [0.25, 0.3) is 0 Å². The zero-order valence-electron chi connectivity index (χ0n) is 11.6. The third-order valence-corrected chi connectivity index (χ3v) is 2.46. The Bertz CT molecular complexity index is 444. The summed E-state index contributed by atoms with van der Waals surface area (Å²) < 4.78 is 0. The van der Waals surface area contributed by atoms with Crippen LogP contribution >= 0.6 is 0 Å². The first-order chi connectivity index (χ1) is 8.81. The normalized spacial score (nSPS) is 12.4. The van der Waals surface area contributed by atoms with Gasteiger partial charge in [0.2, 0.25) is 0 Å². The summed E-state index contributed by atoms with van der Waals surface area (Å²) in [7, 11) is 1.70. The van der Waals surface area contributed by atoms with E-state index in [0.717, 1.165) is 11.4 Å². The average molecular weight is 262 g/mol. The minimum atomic E-state index is -0.0853. The van der Waals surface area contributed by atoms with Gasteiger partial charge < -0.3 is 16.4 Å². The quantitative estimate of drug-likeness (QED) is 0.342. The van der Waals surface area contributed by atoms with Crippen LogP contribution in [0.1, 0.15) is 13.8 Å². The molecule has 0 heterocycles. The fourth-order valence-corrected chi connectivity index (χ4v) is 1.21. The van der Waals surface area contributed by atoms with E-state index in [1.165, 1.54) is 9.80 Å². The Hall–Kier alpha value is -2.50. The summed E-state index contributed by atoms with van der Waals surface area (Å²) >= 11 is 0. The molecule has 6 N–H and O–H groups in total. The number of guanidine groups is 2. The molecule has 0 aliphatic carbocycles. The van der Waals surface area contributed by atoms with Gasteiger partial charge in [-0.05, 0) is 32.1 Å². The second-order valence-electron chi connectivity index (χ2n) is 3.89. The summed E-state index contributed by atoms with van der Waals surface area (Å²) in [5.74, 6) is -0.119. The Balaban J connectivity index is 4.98. The second-order valence-corrected chi connectivity index (χ2v) is 3.89. The van der Waals surface area contributed by atoms with Gasteiger partial charge in [-0.3, -0.25) is 15.7 Å². The molecule has 0 saturated carbocycles. The van der Waals surface area contributed by atoms with Gasteiger partial charge in [-0.1, -0.05) is 12.7 Å². The molecule has 0 aromatic rings. The maximum atomic E-state index is 7.49. The van der Waals surface area contributed by atoms with E-state index < -0.39 is 0 Å². The third-order valence-electron chi connectivity index (χ3n) is 2.46. The number of allylic oxidation sites excluding steroid dienone is 6. The topological polar surface area (TPSA) is 106 Å². The minimum Gasteiger partial charge on any atom is -0.370 e. The standard InChI is InChI=1S/C13H22N6/c1-5-7-11(3)19(13(16)17)9-6-8-10(2)18(4)12(14)15/h5-9H,1H2,2-4H3,(H3,14,15)(H3,16,17)/b9-6-,10-8+,11-7+. The second kappa shape index (κ2) is 7.75. The van der Waals surface area contributed by atoms with Gasteiger partial charge in [0.05, 0.1) is 0 Å². The van der Waals surface area contributed by atoms with Crippen molar-refractivity contribution < 1.29 is 0 Å². The van der Waals surface area contributed by atoms with Crippen molar-refractivity contribution in [2.24, 2.45) is 11.5 Å². The monoisotopic (exact) mass is 262 g/mol. The SMILES string of the molecule is C=C/C=C(\C)N(/C=C\C=C(/C)N(C)C(=N)N)C(=N)N. The number of nitrogens with zero attached hydrogens (tertiary/aromatic N) is 2. The van der Waals surface area contributed by atoms with Crippen LogP contribution in [-0.4, -0.2) is 28.8 Å². The van der Waals surface area contributed by atoms with E-state index in [2.05, 4.69) is 6.58 Å². The van der Waals surface area contributed by atoms with Crippen LogP contribution in [0.5, 0.6) is 0 Å². The molecule has 0 aliphatic rings. The summed E-state index contributed by atoms with van der Waals surface area (Å²) in [6.07, 6.45) is 8.55. The van der Waals surface area contributed by atoms with Gasteiger partial charge in [-0.2, -0.15) is 0 Å².